The van der Waals surface area contributed by atoms with E-state index in [1.807, 2.05) is 48.5 Å². The highest BCUT2D eigenvalue weighted by molar-refractivity contribution is 9.10. The fourth-order valence-corrected chi connectivity index (χ4v) is 5.05. The van der Waals surface area contributed by atoms with Gasteiger partial charge in [-0.25, -0.2) is 0 Å². The minimum absolute atomic E-state index is 0.105. The lowest BCUT2D eigenvalue weighted by molar-refractivity contribution is -0.136. The molecule has 0 radical (unpaired) electrons. The smallest absolute Gasteiger partial charge is 0.247 e. The Bertz CT molecular complexity index is 968. The summed E-state index contributed by atoms with van der Waals surface area (Å²) < 4.78 is 0.886. The van der Waals surface area contributed by atoms with E-state index in [0.29, 0.717) is 18.8 Å². The quantitative estimate of drug-likeness (QED) is 0.665. The molecule has 0 bridgehead atoms. The molecule has 0 aromatic heterocycles. The van der Waals surface area contributed by atoms with Crippen LogP contribution in [0.5, 0.6) is 0 Å². The second kappa shape index (κ2) is 8.59. The van der Waals surface area contributed by atoms with Crippen LogP contribution in [0.15, 0.2) is 57.9 Å². The van der Waals surface area contributed by atoms with E-state index in [2.05, 4.69) is 26.6 Å². The number of hydrogen-bond acceptors (Lipinski definition) is 4. The largest absolute Gasteiger partial charge is 0.340 e. The number of halogens is 1. The van der Waals surface area contributed by atoms with Gasteiger partial charge in [0.1, 0.15) is 0 Å². The van der Waals surface area contributed by atoms with E-state index in [1.54, 1.807) is 4.90 Å². The van der Waals surface area contributed by atoms with Crippen molar-refractivity contribution in [2.24, 2.45) is 5.92 Å². The van der Waals surface area contributed by atoms with E-state index < -0.39 is 5.25 Å². The maximum absolute atomic E-state index is 13.1. The van der Waals surface area contributed by atoms with Crippen molar-refractivity contribution in [3.05, 3.63) is 53.0 Å². The average molecular weight is 474 g/mol. The summed E-state index contributed by atoms with van der Waals surface area (Å²) in [5.41, 5.74) is 1.45. The molecule has 1 fully saturated rings. The predicted molar refractivity (Wildman–Crippen MR) is 117 cm³/mol. The number of carbonyl (C=O) groups excluding carboxylic acids is 3. The standard InChI is InChI=1S/C21H20BrN3O3S/c22-14-6-3-7-15(11-14)23-19(26)13-5-4-10-25(12-13)21(28)18-20(27)24-16-8-1-2-9-17(16)29-18/h1-3,6-9,11,13,18H,4-5,10,12H2,(H,23,26)(H,24,27)/t13-,18-/m1/s1. The summed E-state index contributed by atoms with van der Waals surface area (Å²) in [6.45, 7) is 0.885. The van der Waals surface area contributed by atoms with Crippen LogP contribution in [0.2, 0.25) is 0 Å². The SMILES string of the molecule is O=C(Nc1cccc(Br)c1)[C@@H]1CCCN(C(=O)[C@@H]2Sc3ccccc3NC2=O)C1. The summed E-state index contributed by atoms with van der Waals surface area (Å²) in [7, 11) is 0. The fraction of sp³-hybridized carbons (Fsp3) is 0.286. The van der Waals surface area contributed by atoms with E-state index in [-0.39, 0.29) is 23.6 Å². The number of amides is 3. The lowest BCUT2D eigenvalue weighted by Crippen LogP contribution is -2.50. The molecular formula is C21H20BrN3O3S. The van der Waals surface area contributed by atoms with Gasteiger partial charge in [-0.2, -0.15) is 0 Å². The lowest BCUT2D eigenvalue weighted by atomic mass is 9.96. The molecule has 2 heterocycles. The molecule has 2 aromatic carbocycles. The third-order valence-corrected chi connectivity index (χ3v) is 6.80. The van der Waals surface area contributed by atoms with Gasteiger partial charge in [-0.15, -0.1) is 11.8 Å². The number of para-hydroxylation sites is 1. The highest BCUT2D eigenvalue weighted by Gasteiger charge is 2.38. The predicted octanol–water partition coefficient (Wildman–Crippen LogP) is 3.74. The Labute approximate surface area is 181 Å². The molecule has 3 amide bonds. The molecule has 2 N–H and O–H groups in total. The van der Waals surface area contributed by atoms with Crippen molar-refractivity contribution in [3.63, 3.8) is 0 Å². The van der Waals surface area contributed by atoms with Gasteiger partial charge in [0.2, 0.25) is 17.7 Å². The molecule has 2 atom stereocenters. The Morgan fingerprint density at radius 1 is 1.17 bits per heavy atom. The summed E-state index contributed by atoms with van der Waals surface area (Å²) >= 11 is 4.67. The first-order chi connectivity index (χ1) is 14.0. The van der Waals surface area contributed by atoms with Gasteiger partial charge in [0.25, 0.3) is 0 Å². The van der Waals surface area contributed by atoms with Crippen LogP contribution in [-0.2, 0) is 14.4 Å². The molecule has 0 aliphatic carbocycles. The van der Waals surface area contributed by atoms with Crippen molar-refractivity contribution in [2.45, 2.75) is 23.0 Å². The van der Waals surface area contributed by atoms with E-state index in [0.717, 1.165) is 27.9 Å². The monoisotopic (exact) mass is 473 g/mol. The highest BCUT2D eigenvalue weighted by Crippen LogP contribution is 2.36. The number of anilines is 2. The first-order valence-corrected chi connectivity index (χ1v) is 11.1. The fourth-order valence-electron chi connectivity index (χ4n) is 3.58. The number of hydrogen-bond donors (Lipinski definition) is 2. The summed E-state index contributed by atoms with van der Waals surface area (Å²) in [6.07, 6.45) is 1.45. The first kappa shape index (κ1) is 20.0. The minimum Gasteiger partial charge on any atom is -0.340 e. The Morgan fingerprint density at radius 2 is 2.00 bits per heavy atom. The number of likely N-dealkylation sites (tertiary alicyclic amines) is 1. The summed E-state index contributed by atoms with van der Waals surface area (Å²) in [6, 6.07) is 14.9. The first-order valence-electron chi connectivity index (χ1n) is 9.43. The van der Waals surface area contributed by atoms with Crippen LogP contribution in [0.3, 0.4) is 0 Å². The summed E-state index contributed by atoms with van der Waals surface area (Å²) in [5, 5.41) is 4.91. The minimum atomic E-state index is -0.822. The number of piperidine rings is 1. The Hall–Kier alpha value is -2.32. The topological polar surface area (TPSA) is 78.5 Å². The number of benzene rings is 2. The molecule has 2 aliphatic rings. The van der Waals surface area contributed by atoms with Crippen molar-refractivity contribution in [3.8, 4) is 0 Å². The van der Waals surface area contributed by atoms with Crippen LogP contribution in [0.1, 0.15) is 12.8 Å². The van der Waals surface area contributed by atoms with Crippen molar-refractivity contribution in [2.75, 3.05) is 23.7 Å². The zero-order chi connectivity index (χ0) is 20.4. The molecule has 6 nitrogen and oxygen atoms in total. The number of nitrogens with zero attached hydrogens (tertiary/aromatic N) is 1. The van der Waals surface area contributed by atoms with Crippen molar-refractivity contribution >= 4 is 56.8 Å². The molecule has 150 valence electrons. The van der Waals surface area contributed by atoms with Crippen molar-refractivity contribution in [1.29, 1.82) is 0 Å². The summed E-state index contributed by atoms with van der Waals surface area (Å²) in [4.78, 5) is 40.8. The maximum atomic E-state index is 13.1. The Kier molecular flexibility index (Phi) is 5.91. The molecule has 8 heteroatoms. The maximum Gasteiger partial charge on any atom is 0.247 e. The van der Waals surface area contributed by atoms with Gasteiger partial charge in [0.15, 0.2) is 5.25 Å². The number of thioether (sulfide) groups is 1. The second-order valence-corrected chi connectivity index (χ2v) is 9.17. The van der Waals surface area contributed by atoms with Crippen LogP contribution in [-0.4, -0.2) is 41.0 Å². The second-order valence-electron chi connectivity index (χ2n) is 7.11. The zero-order valence-electron chi connectivity index (χ0n) is 15.6. The van der Waals surface area contributed by atoms with Crippen LogP contribution in [0.25, 0.3) is 0 Å². The van der Waals surface area contributed by atoms with Gasteiger partial charge >= 0.3 is 0 Å². The molecule has 0 spiro atoms. The van der Waals surface area contributed by atoms with E-state index >= 15 is 0 Å². The molecule has 0 saturated carbocycles. The Balaban J connectivity index is 1.42. The molecular weight excluding hydrogens is 454 g/mol. The number of fused-ring (bicyclic) bond motifs is 1. The summed E-state index contributed by atoms with van der Waals surface area (Å²) in [5.74, 6) is -0.941. The molecule has 0 unspecified atom stereocenters. The average Bonchev–Trinajstić information content (AvgIpc) is 2.73. The van der Waals surface area contributed by atoms with E-state index in [9.17, 15) is 14.4 Å². The van der Waals surface area contributed by atoms with E-state index in [4.69, 9.17) is 0 Å². The van der Waals surface area contributed by atoms with Gasteiger partial charge < -0.3 is 15.5 Å². The third-order valence-electron chi connectivity index (χ3n) is 5.05. The number of nitrogens with one attached hydrogen (secondary N) is 2. The van der Waals surface area contributed by atoms with Gasteiger partial charge in [-0.3, -0.25) is 14.4 Å². The van der Waals surface area contributed by atoms with E-state index in [1.165, 1.54) is 11.8 Å². The van der Waals surface area contributed by atoms with Gasteiger partial charge in [-0.05, 0) is 43.2 Å². The zero-order valence-corrected chi connectivity index (χ0v) is 18.0. The third kappa shape index (κ3) is 4.48. The molecule has 4 rings (SSSR count). The van der Waals surface area contributed by atoms with Crippen molar-refractivity contribution in [1.82, 2.24) is 4.90 Å². The normalized spacial score (nSPS) is 21.1. The Morgan fingerprint density at radius 3 is 2.83 bits per heavy atom. The van der Waals surface area contributed by atoms with Gasteiger partial charge in [0, 0.05) is 28.1 Å². The van der Waals surface area contributed by atoms with Crippen molar-refractivity contribution < 1.29 is 14.4 Å². The van der Waals surface area contributed by atoms with Gasteiger partial charge in [-0.1, -0.05) is 34.1 Å². The lowest BCUT2D eigenvalue weighted by Gasteiger charge is -2.35. The molecule has 2 aliphatic heterocycles. The van der Waals surface area contributed by atoms with Crippen LogP contribution >= 0.6 is 27.7 Å². The molecule has 1 saturated heterocycles. The van der Waals surface area contributed by atoms with Crippen LogP contribution < -0.4 is 10.6 Å². The highest BCUT2D eigenvalue weighted by atomic mass is 79.9. The van der Waals surface area contributed by atoms with Crippen LogP contribution in [0, 0.1) is 5.92 Å². The molecule has 2 aromatic rings. The number of carbonyl (C=O) groups is 3. The number of rotatable bonds is 3. The van der Waals surface area contributed by atoms with Crippen LogP contribution in [0.4, 0.5) is 11.4 Å². The molecule has 29 heavy (non-hydrogen) atoms. The van der Waals surface area contributed by atoms with Gasteiger partial charge in [0.05, 0.1) is 11.6 Å².